The standard InChI is InChI=1S/C22H32N4O2.HI/c1-5-23-22(24-13-14-28-21-11-9-20(27-4)10-12-21)25-16-18-7-6-8-19(15-18)17-26(2)3;/h6-12,15H,5,13-14,16-17H2,1-4H3,(H2,23,24,25);1H. The van der Waals surface area contributed by atoms with Gasteiger partial charge in [0, 0.05) is 13.1 Å². The monoisotopic (exact) mass is 512 g/mol. The highest BCUT2D eigenvalue weighted by Gasteiger charge is 2.01. The number of methoxy groups -OCH3 is 1. The maximum absolute atomic E-state index is 5.74. The number of rotatable bonds is 10. The smallest absolute Gasteiger partial charge is 0.191 e. The van der Waals surface area contributed by atoms with Gasteiger partial charge in [-0.05, 0) is 56.4 Å². The van der Waals surface area contributed by atoms with Gasteiger partial charge >= 0.3 is 0 Å². The fraction of sp³-hybridized carbons (Fsp3) is 0.409. The van der Waals surface area contributed by atoms with E-state index in [1.54, 1.807) is 7.11 Å². The molecule has 0 fully saturated rings. The lowest BCUT2D eigenvalue weighted by atomic mass is 10.1. The van der Waals surface area contributed by atoms with Crippen molar-refractivity contribution >= 4 is 29.9 Å². The van der Waals surface area contributed by atoms with Crippen LogP contribution in [0.4, 0.5) is 0 Å². The summed E-state index contributed by atoms with van der Waals surface area (Å²) in [6.45, 7) is 5.65. The molecule has 0 bridgehead atoms. The van der Waals surface area contributed by atoms with Crippen LogP contribution in [0.1, 0.15) is 18.1 Å². The summed E-state index contributed by atoms with van der Waals surface area (Å²) in [6.07, 6.45) is 0. The van der Waals surface area contributed by atoms with Gasteiger partial charge in [0.15, 0.2) is 5.96 Å². The minimum Gasteiger partial charge on any atom is -0.497 e. The van der Waals surface area contributed by atoms with Crippen LogP contribution in [0.5, 0.6) is 11.5 Å². The van der Waals surface area contributed by atoms with Gasteiger partial charge in [0.1, 0.15) is 18.1 Å². The van der Waals surface area contributed by atoms with Crippen molar-refractivity contribution in [2.75, 3.05) is 40.9 Å². The average Bonchev–Trinajstić information content (AvgIpc) is 2.69. The summed E-state index contributed by atoms with van der Waals surface area (Å²) in [5.74, 6) is 2.43. The highest BCUT2D eigenvalue weighted by atomic mass is 127. The zero-order valence-corrected chi connectivity index (χ0v) is 20.1. The molecule has 2 N–H and O–H groups in total. The van der Waals surface area contributed by atoms with E-state index in [-0.39, 0.29) is 24.0 Å². The molecule has 0 aliphatic rings. The fourth-order valence-corrected chi connectivity index (χ4v) is 2.71. The van der Waals surface area contributed by atoms with E-state index in [4.69, 9.17) is 9.47 Å². The summed E-state index contributed by atoms with van der Waals surface area (Å²) in [5, 5.41) is 6.58. The van der Waals surface area contributed by atoms with Crippen LogP contribution in [0, 0.1) is 0 Å². The van der Waals surface area contributed by atoms with Gasteiger partial charge in [-0.3, -0.25) is 0 Å². The highest BCUT2D eigenvalue weighted by molar-refractivity contribution is 14.0. The van der Waals surface area contributed by atoms with E-state index in [0.29, 0.717) is 19.7 Å². The molecule has 6 nitrogen and oxygen atoms in total. The van der Waals surface area contributed by atoms with Crippen LogP contribution in [-0.2, 0) is 13.1 Å². The van der Waals surface area contributed by atoms with Crippen molar-refractivity contribution in [2.24, 2.45) is 4.99 Å². The van der Waals surface area contributed by atoms with E-state index >= 15 is 0 Å². The molecule has 0 aliphatic heterocycles. The third-order valence-corrected chi connectivity index (χ3v) is 3.98. The molecule has 0 spiro atoms. The molecular weight excluding hydrogens is 479 g/mol. The molecule has 0 saturated heterocycles. The van der Waals surface area contributed by atoms with Crippen LogP contribution < -0.4 is 20.1 Å². The molecule has 2 aromatic rings. The Morgan fingerprint density at radius 1 is 1.00 bits per heavy atom. The van der Waals surface area contributed by atoms with Crippen molar-refractivity contribution in [3.05, 3.63) is 59.7 Å². The Hall–Kier alpha value is -2.00. The Kier molecular flexibility index (Phi) is 12.1. The number of nitrogens with zero attached hydrogens (tertiary/aromatic N) is 2. The van der Waals surface area contributed by atoms with E-state index in [2.05, 4.69) is 65.8 Å². The largest absolute Gasteiger partial charge is 0.497 e. The number of nitrogens with one attached hydrogen (secondary N) is 2. The first-order chi connectivity index (χ1) is 13.6. The van der Waals surface area contributed by atoms with Gasteiger partial charge in [-0.1, -0.05) is 24.3 Å². The van der Waals surface area contributed by atoms with Gasteiger partial charge in [0.2, 0.25) is 0 Å². The van der Waals surface area contributed by atoms with E-state index < -0.39 is 0 Å². The van der Waals surface area contributed by atoms with Gasteiger partial charge in [-0.25, -0.2) is 4.99 Å². The van der Waals surface area contributed by atoms with Crippen LogP contribution >= 0.6 is 24.0 Å². The fourth-order valence-electron chi connectivity index (χ4n) is 2.71. The molecule has 7 heteroatoms. The second kappa shape index (κ2) is 14.1. The van der Waals surface area contributed by atoms with Gasteiger partial charge in [0.25, 0.3) is 0 Å². The van der Waals surface area contributed by atoms with Crippen LogP contribution in [-0.4, -0.2) is 51.8 Å². The Morgan fingerprint density at radius 2 is 1.69 bits per heavy atom. The molecule has 2 aromatic carbocycles. The van der Waals surface area contributed by atoms with Crippen molar-refractivity contribution in [1.29, 1.82) is 0 Å². The number of halogens is 1. The minimum absolute atomic E-state index is 0. The zero-order chi connectivity index (χ0) is 20.2. The number of guanidine groups is 1. The van der Waals surface area contributed by atoms with Crippen molar-refractivity contribution in [3.8, 4) is 11.5 Å². The van der Waals surface area contributed by atoms with E-state index in [0.717, 1.165) is 30.5 Å². The van der Waals surface area contributed by atoms with Gasteiger partial charge < -0.3 is 25.0 Å². The van der Waals surface area contributed by atoms with E-state index in [9.17, 15) is 0 Å². The molecule has 160 valence electrons. The van der Waals surface area contributed by atoms with Crippen molar-refractivity contribution in [1.82, 2.24) is 15.5 Å². The lowest BCUT2D eigenvalue weighted by Gasteiger charge is -2.13. The molecule has 2 rings (SSSR count). The van der Waals surface area contributed by atoms with Gasteiger partial charge in [0.05, 0.1) is 20.2 Å². The van der Waals surface area contributed by atoms with Crippen LogP contribution in [0.3, 0.4) is 0 Å². The van der Waals surface area contributed by atoms with Crippen LogP contribution in [0.15, 0.2) is 53.5 Å². The SMILES string of the molecule is CCNC(=NCc1cccc(CN(C)C)c1)NCCOc1ccc(OC)cc1.I. The summed E-state index contributed by atoms with van der Waals surface area (Å²) < 4.78 is 10.9. The first-order valence-corrected chi connectivity index (χ1v) is 9.62. The second-order valence-corrected chi connectivity index (χ2v) is 6.70. The molecule has 0 aliphatic carbocycles. The van der Waals surface area contributed by atoms with Crippen molar-refractivity contribution in [3.63, 3.8) is 0 Å². The zero-order valence-electron chi connectivity index (χ0n) is 17.8. The number of benzene rings is 2. The summed E-state index contributed by atoms with van der Waals surface area (Å²) in [4.78, 5) is 6.84. The molecule has 0 atom stereocenters. The first-order valence-electron chi connectivity index (χ1n) is 9.62. The molecular formula is C22H33IN4O2. The third-order valence-electron chi connectivity index (χ3n) is 3.98. The average molecular weight is 512 g/mol. The van der Waals surface area contributed by atoms with Gasteiger partial charge in [-0.15, -0.1) is 24.0 Å². The minimum atomic E-state index is 0. The predicted octanol–water partition coefficient (Wildman–Crippen LogP) is 3.51. The molecule has 29 heavy (non-hydrogen) atoms. The van der Waals surface area contributed by atoms with Crippen molar-refractivity contribution < 1.29 is 9.47 Å². The number of ether oxygens (including phenoxy) is 2. The quantitative estimate of drug-likeness (QED) is 0.221. The molecule has 0 saturated carbocycles. The second-order valence-electron chi connectivity index (χ2n) is 6.70. The summed E-state index contributed by atoms with van der Waals surface area (Å²) in [5.41, 5.74) is 2.49. The maximum Gasteiger partial charge on any atom is 0.191 e. The highest BCUT2D eigenvalue weighted by Crippen LogP contribution is 2.16. The van der Waals surface area contributed by atoms with Crippen LogP contribution in [0.2, 0.25) is 0 Å². The van der Waals surface area contributed by atoms with Crippen molar-refractivity contribution in [2.45, 2.75) is 20.0 Å². The molecule has 0 heterocycles. The normalized spacial score (nSPS) is 11.0. The third kappa shape index (κ3) is 9.85. The van der Waals surface area contributed by atoms with Gasteiger partial charge in [-0.2, -0.15) is 0 Å². The molecule has 0 amide bonds. The number of hydrogen-bond donors (Lipinski definition) is 2. The topological polar surface area (TPSA) is 58.1 Å². The Balaban J connectivity index is 0.00000420. The molecule has 0 radical (unpaired) electrons. The lowest BCUT2D eigenvalue weighted by Crippen LogP contribution is -2.39. The predicted molar refractivity (Wildman–Crippen MR) is 131 cm³/mol. The lowest BCUT2D eigenvalue weighted by molar-refractivity contribution is 0.321. The Bertz CT molecular complexity index is 736. The summed E-state index contributed by atoms with van der Waals surface area (Å²) in [6, 6.07) is 16.1. The first kappa shape index (κ1) is 25.0. The summed E-state index contributed by atoms with van der Waals surface area (Å²) >= 11 is 0. The Labute approximate surface area is 191 Å². The molecule has 0 unspecified atom stereocenters. The maximum atomic E-state index is 5.74. The van der Waals surface area contributed by atoms with Crippen LogP contribution in [0.25, 0.3) is 0 Å². The molecule has 0 aromatic heterocycles. The summed E-state index contributed by atoms with van der Waals surface area (Å²) in [7, 11) is 5.80. The van der Waals surface area contributed by atoms with E-state index in [1.807, 2.05) is 24.3 Å². The van der Waals surface area contributed by atoms with E-state index in [1.165, 1.54) is 11.1 Å². The number of hydrogen-bond acceptors (Lipinski definition) is 4. The Morgan fingerprint density at radius 3 is 2.34 bits per heavy atom. The number of aliphatic imine (C=N–C) groups is 1.